The maximum Gasteiger partial charge on any atom is 0.131 e. The number of anilines is 1. The molecule has 0 amide bonds. The Kier molecular flexibility index (Phi) is 5.55. The summed E-state index contributed by atoms with van der Waals surface area (Å²) in [5.41, 5.74) is 5.78. The van der Waals surface area contributed by atoms with Crippen LogP contribution in [0.25, 0.3) is 5.57 Å². The molecule has 3 aromatic rings. The van der Waals surface area contributed by atoms with Crippen molar-refractivity contribution in [2.24, 2.45) is 4.99 Å². The number of ether oxygens (including phenoxy) is 2. The van der Waals surface area contributed by atoms with Crippen LogP contribution in [0.3, 0.4) is 0 Å². The van der Waals surface area contributed by atoms with Gasteiger partial charge >= 0.3 is 0 Å². The molecule has 0 radical (unpaired) electrons. The molecule has 0 saturated heterocycles. The third-order valence-corrected chi connectivity index (χ3v) is 5.72. The highest BCUT2D eigenvalue weighted by Crippen LogP contribution is 2.38. The zero-order chi connectivity index (χ0) is 22.0. The summed E-state index contributed by atoms with van der Waals surface area (Å²) in [6.45, 7) is 6.64. The number of methoxy groups -OCH3 is 1. The van der Waals surface area contributed by atoms with E-state index in [4.69, 9.17) is 9.47 Å². The van der Waals surface area contributed by atoms with E-state index >= 15 is 0 Å². The highest BCUT2D eigenvalue weighted by atomic mass is 16.5. The van der Waals surface area contributed by atoms with Crippen molar-refractivity contribution in [3.05, 3.63) is 83.9 Å². The summed E-state index contributed by atoms with van der Waals surface area (Å²) >= 11 is 0. The smallest absolute Gasteiger partial charge is 0.131 e. The van der Waals surface area contributed by atoms with Gasteiger partial charge in [-0.15, -0.1) is 0 Å². The van der Waals surface area contributed by atoms with E-state index < -0.39 is 0 Å². The van der Waals surface area contributed by atoms with E-state index in [-0.39, 0.29) is 5.54 Å². The van der Waals surface area contributed by atoms with Crippen LogP contribution in [0.4, 0.5) is 11.4 Å². The van der Waals surface area contributed by atoms with Gasteiger partial charge in [0.2, 0.25) is 0 Å². The molecule has 0 N–H and O–H groups in total. The molecule has 4 heteroatoms. The van der Waals surface area contributed by atoms with Crippen LogP contribution < -0.4 is 14.4 Å². The average Bonchev–Trinajstić information content (AvgIpc) is 2.77. The topological polar surface area (TPSA) is 34.1 Å². The Balaban J connectivity index is 1.49. The number of aliphatic imine (C=N–C) groups is 1. The second-order valence-electron chi connectivity index (χ2n) is 8.35. The standard InChI is InChI=1S/C27H28N2O2/c1-19-17-27(2,3)29(4)26-14-9-20(15-25(19)26)18-28-21-10-12-22(13-11-21)31-24-8-6-7-23(16-24)30-5/h6-18H,1-5H3. The summed E-state index contributed by atoms with van der Waals surface area (Å²) in [7, 11) is 3.79. The van der Waals surface area contributed by atoms with Gasteiger partial charge in [0.1, 0.15) is 17.2 Å². The Labute approximate surface area is 184 Å². The fraction of sp³-hybridized carbons (Fsp3) is 0.222. The van der Waals surface area contributed by atoms with E-state index in [1.54, 1.807) is 7.11 Å². The molecule has 3 aromatic carbocycles. The zero-order valence-corrected chi connectivity index (χ0v) is 18.7. The minimum Gasteiger partial charge on any atom is -0.497 e. The first-order chi connectivity index (χ1) is 14.9. The Morgan fingerprint density at radius 3 is 2.39 bits per heavy atom. The quantitative estimate of drug-likeness (QED) is 0.429. The first-order valence-electron chi connectivity index (χ1n) is 10.4. The SMILES string of the molecule is COc1cccc(Oc2ccc(N=Cc3ccc4c(c3)C(C)=CC(C)(C)N4C)cc2)c1. The molecule has 0 saturated carbocycles. The van der Waals surface area contributed by atoms with Crippen LogP contribution in [0.2, 0.25) is 0 Å². The van der Waals surface area contributed by atoms with Gasteiger partial charge in [0.15, 0.2) is 0 Å². The van der Waals surface area contributed by atoms with Crippen LogP contribution in [0.1, 0.15) is 31.9 Å². The highest BCUT2D eigenvalue weighted by Gasteiger charge is 2.28. The summed E-state index contributed by atoms with van der Waals surface area (Å²) in [6.07, 6.45) is 4.22. The van der Waals surface area contributed by atoms with E-state index in [9.17, 15) is 0 Å². The van der Waals surface area contributed by atoms with Crippen molar-refractivity contribution in [2.45, 2.75) is 26.3 Å². The van der Waals surface area contributed by atoms with Crippen molar-refractivity contribution < 1.29 is 9.47 Å². The minimum atomic E-state index is 0.0153. The molecule has 0 unspecified atom stereocenters. The molecular formula is C27H28N2O2. The number of hydrogen-bond acceptors (Lipinski definition) is 4. The Morgan fingerprint density at radius 1 is 0.903 bits per heavy atom. The van der Waals surface area contributed by atoms with E-state index in [0.717, 1.165) is 28.5 Å². The van der Waals surface area contributed by atoms with E-state index in [1.807, 2.05) is 54.7 Å². The summed E-state index contributed by atoms with van der Waals surface area (Å²) in [6, 6.07) is 21.8. The third-order valence-electron chi connectivity index (χ3n) is 5.72. The number of likely N-dealkylation sites (N-methyl/N-ethyl adjacent to an activating group) is 1. The van der Waals surface area contributed by atoms with Crippen LogP contribution in [0, 0.1) is 0 Å². The lowest BCUT2D eigenvalue weighted by Crippen LogP contribution is -2.42. The molecule has 31 heavy (non-hydrogen) atoms. The van der Waals surface area contributed by atoms with Gasteiger partial charge in [0.25, 0.3) is 0 Å². The fourth-order valence-electron chi connectivity index (χ4n) is 3.81. The molecule has 0 bridgehead atoms. The minimum absolute atomic E-state index is 0.0153. The lowest BCUT2D eigenvalue weighted by Gasteiger charge is -2.40. The molecule has 0 aliphatic carbocycles. The summed E-state index contributed by atoms with van der Waals surface area (Å²) < 4.78 is 11.1. The Hall–Kier alpha value is -3.53. The summed E-state index contributed by atoms with van der Waals surface area (Å²) in [4.78, 5) is 6.96. The van der Waals surface area contributed by atoms with Crippen LogP contribution in [-0.4, -0.2) is 25.9 Å². The largest absolute Gasteiger partial charge is 0.497 e. The average molecular weight is 413 g/mol. The maximum atomic E-state index is 5.90. The fourth-order valence-corrected chi connectivity index (χ4v) is 3.81. The van der Waals surface area contributed by atoms with Gasteiger partial charge in [-0.3, -0.25) is 4.99 Å². The molecular weight excluding hydrogens is 384 g/mol. The summed E-state index contributed by atoms with van der Waals surface area (Å²) in [5.74, 6) is 2.26. The van der Waals surface area contributed by atoms with Crippen molar-refractivity contribution in [3.8, 4) is 17.2 Å². The van der Waals surface area contributed by atoms with Crippen LogP contribution in [0.5, 0.6) is 17.2 Å². The van der Waals surface area contributed by atoms with E-state index in [1.165, 1.54) is 16.8 Å². The molecule has 4 rings (SSSR count). The second-order valence-corrected chi connectivity index (χ2v) is 8.35. The third kappa shape index (κ3) is 4.48. The lowest BCUT2D eigenvalue weighted by molar-refractivity contribution is 0.409. The van der Waals surface area contributed by atoms with Gasteiger partial charge in [-0.05, 0) is 80.4 Å². The molecule has 1 aliphatic rings. The van der Waals surface area contributed by atoms with Crippen molar-refractivity contribution in [2.75, 3.05) is 19.1 Å². The van der Waals surface area contributed by atoms with Crippen LogP contribution in [0.15, 0.2) is 77.8 Å². The number of fused-ring (bicyclic) bond motifs is 1. The first-order valence-corrected chi connectivity index (χ1v) is 10.4. The molecule has 0 fully saturated rings. The van der Waals surface area contributed by atoms with E-state index in [0.29, 0.717) is 0 Å². The molecule has 4 nitrogen and oxygen atoms in total. The van der Waals surface area contributed by atoms with Crippen molar-refractivity contribution in [1.82, 2.24) is 0 Å². The predicted molar refractivity (Wildman–Crippen MR) is 129 cm³/mol. The van der Waals surface area contributed by atoms with E-state index in [2.05, 4.69) is 62.0 Å². The number of allylic oxidation sites excluding steroid dienone is 1. The molecule has 0 aromatic heterocycles. The van der Waals surface area contributed by atoms with Gasteiger partial charge in [0, 0.05) is 30.6 Å². The van der Waals surface area contributed by atoms with Crippen LogP contribution >= 0.6 is 0 Å². The van der Waals surface area contributed by atoms with Crippen LogP contribution in [-0.2, 0) is 0 Å². The second kappa shape index (κ2) is 8.31. The van der Waals surface area contributed by atoms with Gasteiger partial charge in [0.05, 0.1) is 18.3 Å². The number of rotatable bonds is 5. The molecule has 0 spiro atoms. The van der Waals surface area contributed by atoms with Crippen molar-refractivity contribution in [1.29, 1.82) is 0 Å². The molecule has 1 aliphatic heterocycles. The van der Waals surface area contributed by atoms with Crippen molar-refractivity contribution >= 4 is 23.2 Å². The zero-order valence-electron chi connectivity index (χ0n) is 18.7. The Morgan fingerprint density at radius 2 is 1.65 bits per heavy atom. The molecule has 0 atom stereocenters. The predicted octanol–water partition coefficient (Wildman–Crippen LogP) is 6.87. The molecule has 1 heterocycles. The number of nitrogens with zero attached hydrogens (tertiary/aromatic N) is 2. The molecule has 158 valence electrons. The lowest BCUT2D eigenvalue weighted by atomic mass is 9.89. The van der Waals surface area contributed by atoms with Crippen molar-refractivity contribution in [3.63, 3.8) is 0 Å². The summed E-state index contributed by atoms with van der Waals surface area (Å²) in [5, 5.41) is 0. The normalized spacial score (nSPS) is 14.9. The van der Waals surface area contributed by atoms with Gasteiger partial charge in [-0.1, -0.05) is 18.2 Å². The van der Waals surface area contributed by atoms with Gasteiger partial charge < -0.3 is 14.4 Å². The van der Waals surface area contributed by atoms with Gasteiger partial charge in [-0.2, -0.15) is 0 Å². The monoisotopic (exact) mass is 412 g/mol. The Bertz CT molecular complexity index is 1140. The first kappa shape index (κ1) is 20.7. The highest BCUT2D eigenvalue weighted by molar-refractivity contribution is 5.88. The maximum absolute atomic E-state index is 5.90. The van der Waals surface area contributed by atoms with Gasteiger partial charge in [-0.25, -0.2) is 0 Å². The number of hydrogen-bond donors (Lipinski definition) is 0. The number of benzene rings is 3.